The molecule has 2 saturated carbocycles. The highest BCUT2D eigenvalue weighted by atomic mass is 16.5. The molecule has 0 aliphatic heterocycles. The van der Waals surface area contributed by atoms with Crippen LogP contribution in [-0.4, -0.2) is 24.7 Å². The van der Waals surface area contributed by atoms with E-state index in [4.69, 9.17) is 4.74 Å². The van der Waals surface area contributed by atoms with Crippen molar-refractivity contribution in [2.45, 2.75) is 65.3 Å². The van der Waals surface area contributed by atoms with Gasteiger partial charge in [0, 0.05) is 0 Å². The van der Waals surface area contributed by atoms with Gasteiger partial charge in [-0.1, -0.05) is 20.8 Å². The molecule has 0 spiro atoms. The van der Waals surface area contributed by atoms with E-state index >= 15 is 0 Å². The van der Waals surface area contributed by atoms with Crippen LogP contribution in [0.5, 0.6) is 0 Å². The topological polar surface area (TPSA) is 38.3 Å². The Hall–Kier alpha value is -0.570. The van der Waals surface area contributed by atoms with Gasteiger partial charge in [0.05, 0.1) is 6.61 Å². The first-order valence-electron chi connectivity index (χ1n) is 7.79. The predicted octanol–water partition coefficient (Wildman–Crippen LogP) is 3.13. The summed E-state index contributed by atoms with van der Waals surface area (Å²) in [4.78, 5) is 12.5. The van der Waals surface area contributed by atoms with Crippen molar-refractivity contribution in [3.05, 3.63) is 0 Å². The van der Waals surface area contributed by atoms with Crippen molar-refractivity contribution in [3.8, 4) is 0 Å². The zero-order chi connectivity index (χ0) is 14.1. The van der Waals surface area contributed by atoms with Crippen LogP contribution in [0.4, 0.5) is 0 Å². The van der Waals surface area contributed by atoms with Gasteiger partial charge >= 0.3 is 5.97 Å². The number of carbonyl (C=O) groups excluding carboxylic acids is 1. The number of rotatable bonds is 5. The quantitative estimate of drug-likeness (QED) is 0.778. The van der Waals surface area contributed by atoms with E-state index in [0.717, 1.165) is 25.3 Å². The summed E-state index contributed by atoms with van der Waals surface area (Å²) in [6, 6.07) is 0. The summed E-state index contributed by atoms with van der Waals surface area (Å²) in [6.45, 7) is 10.1. The van der Waals surface area contributed by atoms with E-state index < -0.39 is 5.54 Å². The molecule has 0 amide bonds. The van der Waals surface area contributed by atoms with Gasteiger partial charge in [-0.3, -0.25) is 4.79 Å². The molecule has 110 valence electrons. The lowest BCUT2D eigenvalue weighted by atomic mass is 9.64. The van der Waals surface area contributed by atoms with Crippen LogP contribution in [0.2, 0.25) is 0 Å². The standard InChI is InChI=1S/C16H29NO2/c1-5-19-14(18)16(17-10-13-6-7-13)9-12(2)8-15(3,4)11-16/h12-13,17H,5-11H2,1-4H3. The first-order chi connectivity index (χ1) is 8.87. The van der Waals surface area contributed by atoms with Crippen LogP contribution in [0.15, 0.2) is 0 Å². The number of esters is 1. The Bertz CT molecular complexity index is 336. The average Bonchev–Trinajstić information content (AvgIpc) is 3.07. The molecule has 0 aromatic heterocycles. The summed E-state index contributed by atoms with van der Waals surface area (Å²) < 4.78 is 5.38. The number of nitrogens with one attached hydrogen (secondary N) is 1. The van der Waals surface area contributed by atoms with Crippen molar-refractivity contribution in [1.82, 2.24) is 5.32 Å². The maximum Gasteiger partial charge on any atom is 0.326 e. The molecule has 2 unspecified atom stereocenters. The molecule has 2 aliphatic rings. The summed E-state index contributed by atoms with van der Waals surface area (Å²) in [5.41, 5.74) is -0.235. The molecule has 3 heteroatoms. The van der Waals surface area contributed by atoms with Crippen LogP contribution in [-0.2, 0) is 9.53 Å². The molecule has 1 N–H and O–H groups in total. The lowest BCUT2D eigenvalue weighted by molar-refractivity contribution is -0.156. The maximum atomic E-state index is 12.5. The van der Waals surface area contributed by atoms with E-state index in [-0.39, 0.29) is 11.4 Å². The van der Waals surface area contributed by atoms with Crippen molar-refractivity contribution in [2.24, 2.45) is 17.3 Å². The van der Waals surface area contributed by atoms with Gasteiger partial charge in [0.2, 0.25) is 0 Å². The molecule has 2 atom stereocenters. The van der Waals surface area contributed by atoms with E-state index in [1.165, 1.54) is 19.3 Å². The van der Waals surface area contributed by atoms with E-state index in [2.05, 4.69) is 26.1 Å². The molecule has 0 aromatic rings. The lowest BCUT2D eigenvalue weighted by Crippen LogP contribution is -2.59. The van der Waals surface area contributed by atoms with Crippen molar-refractivity contribution < 1.29 is 9.53 Å². The lowest BCUT2D eigenvalue weighted by Gasteiger charge is -2.46. The second-order valence-corrected chi connectivity index (χ2v) is 7.48. The first-order valence-corrected chi connectivity index (χ1v) is 7.79. The molecule has 0 heterocycles. The first kappa shape index (κ1) is 14.8. The summed E-state index contributed by atoms with van der Waals surface area (Å²) >= 11 is 0. The SMILES string of the molecule is CCOC(=O)C1(NCC2CC2)CC(C)CC(C)(C)C1. The van der Waals surface area contributed by atoms with E-state index in [0.29, 0.717) is 12.5 Å². The molecular formula is C16H29NO2. The number of ether oxygens (including phenoxy) is 1. The van der Waals surface area contributed by atoms with Crippen LogP contribution in [0.1, 0.15) is 59.8 Å². The Kier molecular flexibility index (Phi) is 4.24. The van der Waals surface area contributed by atoms with Gasteiger partial charge in [-0.15, -0.1) is 0 Å². The van der Waals surface area contributed by atoms with Crippen molar-refractivity contribution >= 4 is 5.97 Å². The molecule has 0 radical (unpaired) electrons. The van der Waals surface area contributed by atoms with E-state index in [9.17, 15) is 4.79 Å². The summed E-state index contributed by atoms with van der Waals surface area (Å²) in [6.07, 6.45) is 5.63. The van der Waals surface area contributed by atoms with Crippen LogP contribution >= 0.6 is 0 Å². The van der Waals surface area contributed by atoms with Gasteiger partial charge in [0.25, 0.3) is 0 Å². The molecule has 2 rings (SSSR count). The largest absolute Gasteiger partial charge is 0.465 e. The van der Waals surface area contributed by atoms with Gasteiger partial charge < -0.3 is 10.1 Å². The van der Waals surface area contributed by atoms with Crippen LogP contribution in [0.25, 0.3) is 0 Å². The minimum Gasteiger partial charge on any atom is -0.465 e. The average molecular weight is 267 g/mol. The van der Waals surface area contributed by atoms with Crippen molar-refractivity contribution in [3.63, 3.8) is 0 Å². The fraction of sp³-hybridized carbons (Fsp3) is 0.938. The predicted molar refractivity (Wildman–Crippen MR) is 76.9 cm³/mol. The normalized spacial score (nSPS) is 34.0. The van der Waals surface area contributed by atoms with Crippen LogP contribution in [0.3, 0.4) is 0 Å². The van der Waals surface area contributed by atoms with Gasteiger partial charge in [-0.25, -0.2) is 0 Å². The minimum absolute atomic E-state index is 0.0322. The molecule has 3 nitrogen and oxygen atoms in total. The molecule has 2 fully saturated rings. The monoisotopic (exact) mass is 267 g/mol. The van der Waals surface area contributed by atoms with Crippen molar-refractivity contribution in [2.75, 3.05) is 13.2 Å². The molecule has 19 heavy (non-hydrogen) atoms. The molecule has 2 aliphatic carbocycles. The Labute approximate surface area is 117 Å². The minimum atomic E-state index is -0.445. The third kappa shape index (κ3) is 3.71. The van der Waals surface area contributed by atoms with Gasteiger partial charge in [0.1, 0.15) is 5.54 Å². The Balaban J connectivity index is 2.13. The Morgan fingerprint density at radius 3 is 2.53 bits per heavy atom. The second-order valence-electron chi connectivity index (χ2n) is 7.48. The summed E-state index contributed by atoms with van der Waals surface area (Å²) in [5, 5.41) is 3.59. The van der Waals surface area contributed by atoms with Crippen LogP contribution < -0.4 is 5.32 Å². The highest BCUT2D eigenvalue weighted by Crippen LogP contribution is 2.45. The smallest absolute Gasteiger partial charge is 0.326 e. The highest BCUT2D eigenvalue weighted by molar-refractivity contribution is 5.81. The summed E-state index contributed by atoms with van der Waals surface area (Å²) in [5.74, 6) is 1.32. The Morgan fingerprint density at radius 1 is 1.32 bits per heavy atom. The van der Waals surface area contributed by atoms with Crippen LogP contribution in [0, 0.1) is 17.3 Å². The number of carbonyl (C=O) groups is 1. The molecule has 0 saturated heterocycles. The third-order valence-corrected chi connectivity index (χ3v) is 4.47. The van der Waals surface area contributed by atoms with Gasteiger partial charge in [0.15, 0.2) is 0 Å². The molecule has 0 bridgehead atoms. The number of hydrogen-bond donors (Lipinski definition) is 1. The number of hydrogen-bond acceptors (Lipinski definition) is 3. The van der Waals surface area contributed by atoms with E-state index in [1.807, 2.05) is 6.92 Å². The summed E-state index contributed by atoms with van der Waals surface area (Å²) in [7, 11) is 0. The molecule has 0 aromatic carbocycles. The van der Waals surface area contributed by atoms with Gasteiger partial charge in [-0.05, 0) is 62.8 Å². The zero-order valence-electron chi connectivity index (χ0n) is 12.9. The zero-order valence-corrected chi connectivity index (χ0v) is 12.9. The fourth-order valence-electron chi connectivity index (χ4n) is 3.86. The van der Waals surface area contributed by atoms with Gasteiger partial charge in [-0.2, -0.15) is 0 Å². The van der Waals surface area contributed by atoms with E-state index in [1.54, 1.807) is 0 Å². The second kappa shape index (κ2) is 5.43. The Morgan fingerprint density at radius 2 is 2.00 bits per heavy atom. The third-order valence-electron chi connectivity index (χ3n) is 4.47. The molecular weight excluding hydrogens is 238 g/mol. The maximum absolute atomic E-state index is 12.5. The highest BCUT2D eigenvalue weighted by Gasteiger charge is 2.49. The van der Waals surface area contributed by atoms with Crippen molar-refractivity contribution in [1.29, 1.82) is 0 Å². The fourth-order valence-corrected chi connectivity index (χ4v) is 3.86.